The lowest BCUT2D eigenvalue weighted by molar-refractivity contribution is 0.592. The Morgan fingerprint density at radius 1 is 1.20 bits per heavy atom. The van der Waals surface area contributed by atoms with E-state index >= 15 is 0 Å². The summed E-state index contributed by atoms with van der Waals surface area (Å²) in [4.78, 5) is 12.1. The first-order valence-corrected chi connectivity index (χ1v) is 7.58. The average molecular weight is 335 g/mol. The Balaban J connectivity index is 1.94. The van der Waals surface area contributed by atoms with E-state index in [0.29, 0.717) is 16.7 Å². The number of aryl methyl sites for hydroxylation is 2. The van der Waals surface area contributed by atoms with Gasteiger partial charge in [-0.3, -0.25) is 4.79 Å². The fourth-order valence-corrected chi connectivity index (χ4v) is 2.62. The van der Waals surface area contributed by atoms with Crippen LogP contribution in [0.1, 0.15) is 24.0 Å². The number of anilines is 1. The summed E-state index contributed by atoms with van der Waals surface area (Å²) in [5, 5.41) is 0. The van der Waals surface area contributed by atoms with Gasteiger partial charge in [0.2, 0.25) is 0 Å². The number of benzene rings is 1. The molecular weight excluding hydrogens is 316 g/mol. The van der Waals surface area contributed by atoms with Gasteiger partial charge in [0.15, 0.2) is 0 Å². The maximum atomic E-state index is 12.1. The van der Waals surface area contributed by atoms with Crippen LogP contribution in [-0.4, -0.2) is 4.57 Å². The number of hydrogen-bond acceptors (Lipinski definition) is 2. The van der Waals surface area contributed by atoms with Crippen LogP contribution in [0.4, 0.5) is 5.69 Å². The second kappa shape index (κ2) is 6.75. The van der Waals surface area contributed by atoms with Crippen molar-refractivity contribution >= 4 is 21.6 Å². The highest BCUT2D eigenvalue weighted by Gasteiger charge is 2.07. The van der Waals surface area contributed by atoms with Crippen molar-refractivity contribution in [2.24, 2.45) is 0 Å². The predicted octanol–water partition coefficient (Wildman–Crippen LogP) is 3.52. The summed E-state index contributed by atoms with van der Waals surface area (Å²) < 4.78 is 2.26. The van der Waals surface area contributed by atoms with E-state index < -0.39 is 0 Å². The minimum absolute atomic E-state index is 0.00332. The Labute approximate surface area is 127 Å². The number of aromatic nitrogens is 1. The standard InChI is InChI=1S/C16H19BrN2O/c1-12-14(18)11-19(16(20)15(12)17)10-6-5-9-13-7-3-2-4-8-13/h2-4,7-8,11H,5-6,9-10,18H2,1H3. The van der Waals surface area contributed by atoms with Gasteiger partial charge in [-0.15, -0.1) is 0 Å². The van der Waals surface area contributed by atoms with Gasteiger partial charge in [-0.2, -0.15) is 0 Å². The van der Waals surface area contributed by atoms with Gasteiger partial charge in [-0.25, -0.2) is 0 Å². The van der Waals surface area contributed by atoms with E-state index in [4.69, 9.17) is 5.73 Å². The molecule has 1 aromatic heterocycles. The third kappa shape index (κ3) is 3.51. The topological polar surface area (TPSA) is 48.0 Å². The number of hydrogen-bond donors (Lipinski definition) is 1. The molecule has 0 aliphatic rings. The molecule has 106 valence electrons. The molecule has 0 spiro atoms. The number of nitrogens with zero attached hydrogens (tertiary/aromatic N) is 1. The zero-order valence-electron chi connectivity index (χ0n) is 11.6. The predicted molar refractivity (Wildman–Crippen MR) is 86.9 cm³/mol. The molecule has 2 aromatic rings. The van der Waals surface area contributed by atoms with Gasteiger partial charge in [0, 0.05) is 12.7 Å². The summed E-state index contributed by atoms with van der Waals surface area (Å²) in [6.45, 7) is 2.55. The summed E-state index contributed by atoms with van der Waals surface area (Å²) in [6, 6.07) is 10.4. The van der Waals surface area contributed by atoms with Crippen molar-refractivity contribution in [2.45, 2.75) is 32.7 Å². The summed E-state index contributed by atoms with van der Waals surface area (Å²) in [5.41, 5.74) is 8.70. The van der Waals surface area contributed by atoms with Crippen molar-refractivity contribution in [1.82, 2.24) is 4.57 Å². The lowest BCUT2D eigenvalue weighted by atomic mass is 10.1. The van der Waals surface area contributed by atoms with Gasteiger partial charge in [-0.1, -0.05) is 30.3 Å². The molecule has 0 unspecified atom stereocenters. The minimum Gasteiger partial charge on any atom is -0.397 e. The molecule has 0 radical (unpaired) electrons. The molecule has 0 atom stereocenters. The van der Waals surface area contributed by atoms with Crippen LogP contribution in [0.5, 0.6) is 0 Å². The molecule has 2 N–H and O–H groups in total. The van der Waals surface area contributed by atoms with Crippen LogP contribution in [-0.2, 0) is 13.0 Å². The second-order valence-electron chi connectivity index (χ2n) is 4.96. The van der Waals surface area contributed by atoms with E-state index in [9.17, 15) is 4.79 Å². The molecule has 20 heavy (non-hydrogen) atoms. The molecule has 1 heterocycles. The summed E-state index contributed by atoms with van der Waals surface area (Å²) in [7, 11) is 0. The van der Waals surface area contributed by atoms with Crippen molar-refractivity contribution < 1.29 is 0 Å². The maximum absolute atomic E-state index is 12.1. The Hall–Kier alpha value is -1.55. The van der Waals surface area contributed by atoms with Crippen molar-refractivity contribution in [2.75, 3.05) is 5.73 Å². The molecular formula is C16H19BrN2O. The van der Waals surface area contributed by atoms with Crippen molar-refractivity contribution in [1.29, 1.82) is 0 Å². The van der Waals surface area contributed by atoms with Crippen LogP contribution in [0, 0.1) is 6.92 Å². The number of nitrogen functional groups attached to an aromatic ring is 1. The minimum atomic E-state index is -0.00332. The number of pyridine rings is 1. The molecule has 0 saturated heterocycles. The average Bonchev–Trinajstić information content (AvgIpc) is 2.47. The fraction of sp³-hybridized carbons (Fsp3) is 0.312. The van der Waals surface area contributed by atoms with Crippen molar-refractivity contribution in [3.63, 3.8) is 0 Å². The van der Waals surface area contributed by atoms with Gasteiger partial charge < -0.3 is 10.3 Å². The van der Waals surface area contributed by atoms with Crippen LogP contribution in [0.15, 0.2) is 45.8 Å². The zero-order chi connectivity index (χ0) is 14.5. The molecule has 0 amide bonds. The SMILES string of the molecule is Cc1c(N)cn(CCCCc2ccccc2)c(=O)c1Br. The largest absolute Gasteiger partial charge is 0.397 e. The Bertz CT molecular complexity index is 635. The molecule has 0 bridgehead atoms. The maximum Gasteiger partial charge on any atom is 0.265 e. The van der Waals surface area contributed by atoms with Crippen LogP contribution in [0.25, 0.3) is 0 Å². The first-order chi connectivity index (χ1) is 9.59. The van der Waals surface area contributed by atoms with Gasteiger partial charge in [0.1, 0.15) is 0 Å². The lowest BCUT2D eigenvalue weighted by Gasteiger charge is -2.10. The smallest absolute Gasteiger partial charge is 0.265 e. The van der Waals surface area contributed by atoms with Crippen LogP contribution in [0.2, 0.25) is 0 Å². The summed E-state index contributed by atoms with van der Waals surface area (Å²) >= 11 is 3.31. The van der Waals surface area contributed by atoms with Crippen LogP contribution < -0.4 is 11.3 Å². The van der Waals surface area contributed by atoms with E-state index in [0.717, 1.165) is 24.8 Å². The Kier molecular flexibility index (Phi) is 5.01. The van der Waals surface area contributed by atoms with E-state index in [1.165, 1.54) is 5.56 Å². The molecule has 0 fully saturated rings. The quantitative estimate of drug-likeness (QED) is 0.850. The van der Waals surface area contributed by atoms with E-state index in [2.05, 4.69) is 40.2 Å². The molecule has 1 aromatic carbocycles. The third-order valence-corrected chi connectivity index (χ3v) is 4.40. The molecule has 4 heteroatoms. The van der Waals surface area contributed by atoms with E-state index in [1.54, 1.807) is 10.8 Å². The van der Waals surface area contributed by atoms with Gasteiger partial charge >= 0.3 is 0 Å². The van der Waals surface area contributed by atoms with Crippen LogP contribution in [0.3, 0.4) is 0 Å². The molecule has 0 saturated carbocycles. The molecule has 0 aliphatic heterocycles. The Morgan fingerprint density at radius 3 is 2.60 bits per heavy atom. The number of halogens is 1. The van der Waals surface area contributed by atoms with Crippen molar-refractivity contribution in [3.05, 3.63) is 62.5 Å². The first kappa shape index (κ1) is 14.9. The second-order valence-corrected chi connectivity index (χ2v) is 5.76. The molecule has 3 nitrogen and oxygen atoms in total. The third-order valence-electron chi connectivity index (χ3n) is 3.46. The number of unbranched alkanes of at least 4 members (excludes halogenated alkanes) is 1. The van der Waals surface area contributed by atoms with Gasteiger partial charge in [0.05, 0.1) is 10.2 Å². The highest BCUT2D eigenvalue weighted by atomic mass is 79.9. The summed E-state index contributed by atoms with van der Waals surface area (Å²) in [5.74, 6) is 0. The van der Waals surface area contributed by atoms with Crippen LogP contribution >= 0.6 is 15.9 Å². The van der Waals surface area contributed by atoms with Gasteiger partial charge in [-0.05, 0) is 53.2 Å². The van der Waals surface area contributed by atoms with E-state index in [1.807, 2.05) is 13.0 Å². The molecule has 2 rings (SSSR count). The monoisotopic (exact) mass is 334 g/mol. The normalized spacial score (nSPS) is 10.7. The number of nitrogens with two attached hydrogens (primary N) is 1. The fourth-order valence-electron chi connectivity index (χ4n) is 2.16. The zero-order valence-corrected chi connectivity index (χ0v) is 13.2. The lowest BCUT2D eigenvalue weighted by Crippen LogP contribution is -2.22. The number of rotatable bonds is 5. The van der Waals surface area contributed by atoms with Gasteiger partial charge in [0.25, 0.3) is 5.56 Å². The summed E-state index contributed by atoms with van der Waals surface area (Å²) in [6.07, 6.45) is 4.80. The first-order valence-electron chi connectivity index (χ1n) is 6.78. The van der Waals surface area contributed by atoms with Crippen molar-refractivity contribution in [3.8, 4) is 0 Å². The van der Waals surface area contributed by atoms with E-state index in [-0.39, 0.29) is 5.56 Å². The highest BCUT2D eigenvalue weighted by molar-refractivity contribution is 9.10. The highest BCUT2D eigenvalue weighted by Crippen LogP contribution is 2.17. The molecule has 0 aliphatic carbocycles. The Morgan fingerprint density at radius 2 is 1.90 bits per heavy atom.